The lowest BCUT2D eigenvalue weighted by Crippen LogP contribution is -2.48. The summed E-state index contributed by atoms with van der Waals surface area (Å²) in [5, 5.41) is 13.5. The Morgan fingerprint density at radius 3 is 2.30 bits per heavy atom. The summed E-state index contributed by atoms with van der Waals surface area (Å²) in [4.78, 5) is 60.6. The van der Waals surface area contributed by atoms with E-state index >= 15 is 0 Å². The number of aromatic nitrogens is 9. The maximum atomic E-state index is 13.5. The molecule has 7 heterocycles. The fourth-order valence-electron chi connectivity index (χ4n) is 10.9. The number of nitrogens with one attached hydrogen (secondary N) is 1. The highest BCUT2D eigenvalue weighted by Gasteiger charge is 2.49. The maximum absolute atomic E-state index is 13.5. The second-order valence-electron chi connectivity index (χ2n) is 21.9. The zero-order chi connectivity index (χ0) is 53.9. The average molecular weight is 1130 g/mol. The number of nitrogen functional groups attached to an aromatic ring is 1. The first-order valence-corrected chi connectivity index (χ1v) is 35.5. The summed E-state index contributed by atoms with van der Waals surface area (Å²) in [5.41, 5.74) is 11.9. The number of thioether (sulfide) groups is 1. The van der Waals surface area contributed by atoms with Crippen molar-refractivity contribution in [3.05, 3.63) is 52.2 Å². The largest absolute Gasteiger partial charge is 0.455 e. The molecule has 2 saturated heterocycles. The fourth-order valence-corrected chi connectivity index (χ4v) is 22.6. The Labute approximate surface area is 462 Å². The number of hydrogen-bond donors (Lipinski definition) is 2. The minimum absolute atomic E-state index is 0.0517. The fraction of sp³-hybridized carbons (Fsp3) is 0.654. The van der Waals surface area contributed by atoms with Crippen molar-refractivity contribution in [2.75, 3.05) is 108 Å². The van der Waals surface area contributed by atoms with Crippen molar-refractivity contribution < 1.29 is 32.7 Å². The van der Waals surface area contributed by atoms with Crippen molar-refractivity contribution in [3.8, 4) is 11.4 Å². The minimum atomic E-state index is -2.05. The number of carbonyl (C=O) groups is 2. The molecule has 9 rings (SSSR count). The smallest absolute Gasteiger partial charge is 0.222 e. The predicted molar refractivity (Wildman–Crippen MR) is 302 cm³/mol. The molecule has 1 saturated carbocycles. The number of fused-ring (bicyclic) bond motifs is 3. The highest BCUT2D eigenvalue weighted by Crippen LogP contribution is 2.52. The maximum Gasteiger partial charge on any atom is 0.222 e. The second-order valence-corrected chi connectivity index (χ2v) is 33.2. The molecule has 21 nitrogen and oxygen atoms in total. The highest BCUT2D eigenvalue weighted by molar-refractivity contribution is 8.00. The molecule has 3 fully saturated rings. The Balaban J connectivity index is 0.618. The van der Waals surface area contributed by atoms with E-state index in [2.05, 4.69) is 78.5 Å². The molecule has 5 aromatic heterocycles. The van der Waals surface area contributed by atoms with Crippen molar-refractivity contribution in [2.24, 2.45) is 17.8 Å². The van der Waals surface area contributed by atoms with E-state index in [0.29, 0.717) is 89.4 Å². The van der Waals surface area contributed by atoms with Gasteiger partial charge in [-0.15, -0.1) is 16.4 Å². The van der Waals surface area contributed by atoms with Gasteiger partial charge in [-0.2, -0.15) is 0 Å². The average Bonchev–Trinajstić information content (AvgIpc) is 3.76. The molecule has 3 unspecified atom stereocenters. The predicted octanol–water partition coefficient (Wildman–Crippen LogP) is 5.57. The molecule has 4 aliphatic rings. The zero-order valence-electron chi connectivity index (χ0n) is 45.8. The van der Waals surface area contributed by atoms with Gasteiger partial charge in [0.2, 0.25) is 17.8 Å². The molecule has 2 amide bonds. The molecule has 25 heteroatoms. The molecule has 0 bridgehead atoms. The molecule has 5 aromatic rings. The van der Waals surface area contributed by atoms with Crippen LogP contribution in [0.5, 0.6) is 0 Å². The van der Waals surface area contributed by atoms with Crippen molar-refractivity contribution in [1.29, 1.82) is 0 Å². The third-order valence-corrected chi connectivity index (χ3v) is 26.1. The Morgan fingerprint density at radius 1 is 0.870 bits per heavy atom. The molecule has 0 aromatic carbocycles. The van der Waals surface area contributed by atoms with E-state index in [4.69, 9.17) is 38.8 Å². The van der Waals surface area contributed by atoms with Crippen molar-refractivity contribution in [1.82, 2.24) is 60.0 Å². The third kappa shape index (κ3) is 15.8. The van der Waals surface area contributed by atoms with Crippen LogP contribution in [-0.2, 0) is 65.2 Å². The standard InChI is InChI=1S/C52H78N14O7S2Si2/c1-36-45(75-48-47(36)59-49(39-30-55-51(53)56-31-39)60-50(48)65-17-20-69-21-18-65)33-63-13-15-64(16-14-63)46(68)8-7-27-76(3,4)73-77(5,6)35-74-52-57-28-38(29-58-52)34-72-26-25-71-24-23-70-22-19-66-44-12-10-41-40(9-11-43(44)61-62-66)42(41)32-54-37(2)67/h28-31,40-42H,7-27,32-35H2,1-6H3,(H,54,67)(H2,53,55,56). The molecule has 3 N–H and O–H groups in total. The first-order valence-electron chi connectivity index (χ1n) is 27.4. The van der Waals surface area contributed by atoms with Crippen LogP contribution in [0.1, 0.15) is 60.0 Å². The molecule has 3 atom stereocenters. The van der Waals surface area contributed by atoms with Gasteiger partial charge in [0.25, 0.3) is 0 Å². The summed E-state index contributed by atoms with van der Waals surface area (Å²) in [7, 11) is -4.07. The number of hydrogen-bond acceptors (Lipinski definition) is 20. The number of morpholine rings is 1. The molecule has 2 aliphatic carbocycles. The van der Waals surface area contributed by atoms with Gasteiger partial charge in [-0.05, 0) is 94.6 Å². The Bertz CT molecular complexity index is 2740. The van der Waals surface area contributed by atoms with E-state index in [1.54, 1.807) is 42.4 Å². The summed E-state index contributed by atoms with van der Waals surface area (Å²) >= 11 is 3.42. The number of nitrogens with zero attached hydrogens (tertiary/aromatic N) is 12. The Hall–Kier alpha value is -4.58. The molecule has 0 radical (unpaired) electrons. The summed E-state index contributed by atoms with van der Waals surface area (Å²) < 4.78 is 33.1. The van der Waals surface area contributed by atoms with Gasteiger partial charge >= 0.3 is 0 Å². The van der Waals surface area contributed by atoms with Gasteiger partial charge in [-0.3, -0.25) is 14.5 Å². The number of aryl methyl sites for hydroxylation is 2. The van der Waals surface area contributed by atoms with E-state index in [1.807, 2.05) is 22.0 Å². The van der Waals surface area contributed by atoms with Crippen LogP contribution in [0.2, 0.25) is 32.2 Å². The number of piperazine rings is 1. The van der Waals surface area contributed by atoms with Crippen LogP contribution in [-0.4, -0.2) is 181 Å². The lowest BCUT2D eigenvalue weighted by Gasteiger charge is -2.35. The zero-order valence-corrected chi connectivity index (χ0v) is 49.5. The summed E-state index contributed by atoms with van der Waals surface area (Å²) in [6.07, 6.45) is 12.6. The van der Waals surface area contributed by atoms with Crippen molar-refractivity contribution >= 4 is 73.5 Å². The topological polar surface area (TPSA) is 236 Å². The number of thiophene rings is 1. The van der Waals surface area contributed by atoms with E-state index < -0.39 is 16.6 Å². The molecule has 77 heavy (non-hydrogen) atoms. The lowest BCUT2D eigenvalue weighted by molar-refractivity contribution is -0.133. The van der Waals surface area contributed by atoms with Crippen LogP contribution in [0.25, 0.3) is 21.6 Å². The van der Waals surface area contributed by atoms with E-state index in [-0.39, 0.29) is 17.8 Å². The highest BCUT2D eigenvalue weighted by atomic mass is 32.2. The number of amides is 2. The summed E-state index contributed by atoms with van der Waals surface area (Å²) in [6.45, 7) is 24.0. The second kappa shape index (κ2) is 26.6. The number of ether oxygens (including phenoxy) is 4. The molecular formula is C52H78N14O7S2Si2. The monoisotopic (exact) mass is 1130 g/mol. The van der Waals surface area contributed by atoms with Crippen LogP contribution in [0.15, 0.2) is 29.9 Å². The van der Waals surface area contributed by atoms with Gasteiger partial charge in [0.15, 0.2) is 33.4 Å². The van der Waals surface area contributed by atoms with E-state index in [9.17, 15) is 9.59 Å². The van der Waals surface area contributed by atoms with Gasteiger partial charge in [-0.1, -0.05) is 17.0 Å². The summed E-state index contributed by atoms with van der Waals surface area (Å²) in [6, 6.07) is 0.941. The van der Waals surface area contributed by atoms with Crippen LogP contribution in [0.3, 0.4) is 0 Å². The van der Waals surface area contributed by atoms with Crippen LogP contribution < -0.4 is 16.0 Å². The van der Waals surface area contributed by atoms with Crippen LogP contribution in [0.4, 0.5) is 11.8 Å². The van der Waals surface area contributed by atoms with Gasteiger partial charge < -0.3 is 43.9 Å². The van der Waals surface area contributed by atoms with E-state index in [0.717, 1.165) is 139 Å². The number of carbonyl (C=O) groups excluding carboxylic acids is 2. The van der Waals surface area contributed by atoms with Gasteiger partial charge in [0.05, 0.1) is 86.6 Å². The van der Waals surface area contributed by atoms with Crippen molar-refractivity contribution in [2.45, 2.75) is 109 Å². The van der Waals surface area contributed by atoms with Crippen molar-refractivity contribution in [3.63, 3.8) is 0 Å². The number of nitrogens with two attached hydrogens (primary N) is 1. The Kier molecular flexibility index (Phi) is 19.7. The molecule has 418 valence electrons. The minimum Gasteiger partial charge on any atom is -0.455 e. The van der Waals surface area contributed by atoms with Gasteiger partial charge in [-0.25, -0.2) is 34.6 Å². The Morgan fingerprint density at radius 2 is 1.57 bits per heavy atom. The first kappa shape index (κ1) is 57.1. The van der Waals surface area contributed by atoms with Gasteiger partial charge in [0.1, 0.15) is 0 Å². The molecular weight excluding hydrogens is 1050 g/mol. The normalized spacial score (nSPS) is 19.2. The quantitative estimate of drug-likeness (QED) is 0.0298. The lowest BCUT2D eigenvalue weighted by atomic mass is 10.0. The van der Waals surface area contributed by atoms with Gasteiger partial charge in [0, 0.05) is 106 Å². The molecule has 0 spiro atoms. The SMILES string of the molecule is CC(=O)NCC1C2CCc3nnn(CCOCCOCCOCc4cnc(SC[Si](C)(C)O[Si](C)(C)CCCC(=O)N5CCN(Cc6sc7c(N8CCOCC8)nc(-c8cnc(N)nc8)nc7c6C)CC5)nc4)c3CCC21. The van der Waals surface area contributed by atoms with Crippen LogP contribution >= 0.6 is 23.1 Å². The number of anilines is 2. The first-order chi connectivity index (χ1) is 37.2. The number of rotatable bonds is 26. The molecule has 2 aliphatic heterocycles. The van der Waals surface area contributed by atoms with Crippen LogP contribution in [0, 0.1) is 24.7 Å². The van der Waals surface area contributed by atoms with E-state index in [1.165, 1.54) is 10.6 Å². The summed E-state index contributed by atoms with van der Waals surface area (Å²) in [5.74, 6) is 3.99. The third-order valence-electron chi connectivity index (χ3n) is 15.0.